The molecule has 1 N–H and O–H groups in total. The van der Waals surface area contributed by atoms with Crippen LogP contribution in [-0.2, 0) is 0 Å². The van der Waals surface area contributed by atoms with Gasteiger partial charge in [-0.3, -0.25) is 4.90 Å². The van der Waals surface area contributed by atoms with Crippen LogP contribution in [0, 0.1) is 0 Å². The van der Waals surface area contributed by atoms with Gasteiger partial charge in [0, 0.05) is 12.6 Å². The number of anilines is 1. The SMILES string of the molecule is CCN1CCCC1CNc1nc(Cl)nc(OC)n1. The van der Waals surface area contributed by atoms with Crippen molar-refractivity contribution in [2.75, 3.05) is 32.1 Å². The summed E-state index contributed by atoms with van der Waals surface area (Å²) < 4.78 is 4.95. The molecule has 6 nitrogen and oxygen atoms in total. The van der Waals surface area contributed by atoms with E-state index in [0.717, 1.165) is 13.1 Å². The molecule has 7 heteroatoms. The van der Waals surface area contributed by atoms with Crippen molar-refractivity contribution in [2.45, 2.75) is 25.8 Å². The number of likely N-dealkylation sites (N-methyl/N-ethyl adjacent to an activating group) is 1. The summed E-state index contributed by atoms with van der Waals surface area (Å²) in [7, 11) is 1.51. The van der Waals surface area contributed by atoms with E-state index in [9.17, 15) is 0 Å². The molecule has 0 aromatic carbocycles. The number of hydrogen-bond acceptors (Lipinski definition) is 6. The van der Waals surface area contributed by atoms with Gasteiger partial charge in [0.1, 0.15) is 0 Å². The third kappa shape index (κ3) is 3.20. The summed E-state index contributed by atoms with van der Waals surface area (Å²) in [4.78, 5) is 14.4. The lowest BCUT2D eigenvalue weighted by Gasteiger charge is -2.22. The van der Waals surface area contributed by atoms with Crippen LogP contribution in [0.3, 0.4) is 0 Å². The zero-order valence-corrected chi connectivity index (χ0v) is 11.4. The maximum Gasteiger partial charge on any atom is 0.322 e. The standard InChI is InChI=1S/C11H18ClN5O/c1-3-17-6-4-5-8(17)7-13-10-14-9(12)15-11(16-10)18-2/h8H,3-7H2,1-2H3,(H,13,14,15,16). The van der Waals surface area contributed by atoms with E-state index >= 15 is 0 Å². The van der Waals surface area contributed by atoms with Crippen molar-refractivity contribution in [3.05, 3.63) is 5.28 Å². The second-order valence-corrected chi connectivity index (χ2v) is 4.56. The summed E-state index contributed by atoms with van der Waals surface area (Å²) in [5.41, 5.74) is 0. The minimum absolute atomic E-state index is 0.142. The molecule has 1 atom stereocenters. The molecule has 1 fully saturated rings. The van der Waals surface area contributed by atoms with Crippen LogP contribution in [0.25, 0.3) is 0 Å². The molecule has 0 bridgehead atoms. The van der Waals surface area contributed by atoms with Crippen LogP contribution < -0.4 is 10.1 Å². The van der Waals surface area contributed by atoms with Gasteiger partial charge in [0.25, 0.3) is 0 Å². The molecular weight excluding hydrogens is 254 g/mol. The van der Waals surface area contributed by atoms with Crippen LogP contribution in [0.2, 0.25) is 5.28 Å². The zero-order chi connectivity index (χ0) is 13.0. The number of rotatable bonds is 5. The molecule has 1 aliphatic rings. The first-order chi connectivity index (χ1) is 8.72. The molecule has 0 spiro atoms. The molecule has 1 unspecified atom stereocenters. The Morgan fingerprint density at radius 3 is 3.00 bits per heavy atom. The highest BCUT2D eigenvalue weighted by atomic mass is 35.5. The van der Waals surface area contributed by atoms with Gasteiger partial charge in [-0.15, -0.1) is 0 Å². The largest absolute Gasteiger partial charge is 0.467 e. The predicted molar refractivity (Wildman–Crippen MR) is 70.1 cm³/mol. The quantitative estimate of drug-likeness (QED) is 0.874. The average molecular weight is 272 g/mol. The fourth-order valence-electron chi connectivity index (χ4n) is 2.25. The third-order valence-corrected chi connectivity index (χ3v) is 3.34. The molecule has 1 aliphatic heterocycles. The molecule has 0 aliphatic carbocycles. The van der Waals surface area contributed by atoms with E-state index in [4.69, 9.17) is 16.3 Å². The van der Waals surface area contributed by atoms with Gasteiger partial charge in [0.05, 0.1) is 7.11 Å². The molecule has 100 valence electrons. The summed E-state index contributed by atoms with van der Waals surface area (Å²) in [5, 5.41) is 3.34. The van der Waals surface area contributed by atoms with Crippen molar-refractivity contribution in [1.82, 2.24) is 19.9 Å². The van der Waals surface area contributed by atoms with Gasteiger partial charge >= 0.3 is 6.01 Å². The van der Waals surface area contributed by atoms with E-state index in [1.807, 2.05) is 0 Å². The lowest BCUT2D eigenvalue weighted by Crippen LogP contribution is -2.34. The molecule has 18 heavy (non-hydrogen) atoms. The number of ether oxygens (including phenoxy) is 1. The van der Waals surface area contributed by atoms with Crippen molar-refractivity contribution in [3.8, 4) is 6.01 Å². The zero-order valence-electron chi connectivity index (χ0n) is 10.7. The van der Waals surface area contributed by atoms with Crippen molar-refractivity contribution in [2.24, 2.45) is 0 Å². The molecule has 1 aromatic rings. The van der Waals surface area contributed by atoms with Crippen LogP contribution in [0.4, 0.5) is 5.95 Å². The van der Waals surface area contributed by atoms with Gasteiger partial charge in [-0.1, -0.05) is 6.92 Å². The Labute approximate surface area is 112 Å². The van der Waals surface area contributed by atoms with Crippen molar-refractivity contribution >= 4 is 17.5 Å². The number of nitrogens with zero attached hydrogens (tertiary/aromatic N) is 4. The number of nitrogens with one attached hydrogen (secondary N) is 1. The lowest BCUT2D eigenvalue weighted by molar-refractivity contribution is 0.276. The first-order valence-corrected chi connectivity index (χ1v) is 6.54. The minimum atomic E-state index is 0.142. The topological polar surface area (TPSA) is 63.2 Å². The maximum atomic E-state index is 5.79. The highest BCUT2D eigenvalue weighted by Gasteiger charge is 2.22. The van der Waals surface area contributed by atoms with E-state index in [1.165, 1.54) is 26.5 Å². The summed E-state index contributed by atoms with van der Waals surface area (Å²) >= 11 is 5.79. The lowest BCUT2D eigenvalue weighted by atomic mass is 10.2. The summed E-state index contributed by atoms with van der Waals surface area (Å²) in [6.07, 6.45) is 2.46. The second-order valence-electron chi connectivity index (χ2n) is 4.22. The number of halogens is 1. The summed E-state index contributed by atoms with van der Waals surface area (Å²) in [6.45, 7) is 5.25. The summed E-state index contributed by atoms with van der Waals surface area (Å²) in [5.74, 6) is 0.467. The highest BCUT2D eigenvalue weighted by Crippen LogP contribution is 2.17. The first kappa shape index (κ1) is 13.3. The number of hydrogen-bond donors (Lipinski definition) is 1. The Bertz CT molecular complexity index is 403. The van der Waals surface area contributed by atoms with Crippen LogP contribution in [0.15, 0.2) is 0 Å². The Balaban J connectivity index is 1.95. The number of likely N-dealkylation sites (tertiary alicyclic amines) is 1. The Morgan fingerprint density at radius 2 is 2.28 bits per heavy atom. The van der Waals surface area contributed by atoms with Gasteiger partial charge in [0.15, 0.2) is 0 Å². The molecule has 2 heterocycles. The van der Waals surface area contributed by atoms with Crippen molar-refractivity contribution in [3.63, 3.8) is 0 Å². The fraction of sp³-hybridized carbons (Fsp3) is 0.727. The normalized spacial score (nSPS) is 20.1. The van der Waals surface area contributed by atoms with E-state index in [-0.39, 0.29) is 11.3 Å². The van der Waals surface area contributed by atoms with Crippen LogP contribution >= 0.6 is 11.6 Å². The fourth-order valence-corrected chi connectivity index (χ4v) is 2.41. The molecule has 0 radical (unpaired) electrons. The van der Waals surface area contributed by atoms with Gasteiger partial charge < -0.3 is 10.1 Å². The smallest absolute Gasteiger partial charge is 0.322 e. The van der Waals surface area contributed by atoms with Gasteiger partial charge in [0.2, 0.25) is 11.2 Å². The van der Waals surface area contributed by atoms with Gasteiger partial charge in [-0.05, 0) is 37.5 Å². The van der Waals surface area contributed by atoms with Gasteiger partial charge in [-0.2, -0.15) is 15.0 Å². The van der Waals surface area contributed by atoms with E-state index in [1.54, 1.807) is 0 Å². The molecule has 2 rings (SSSR count). The maximum absolute atomic E-state index is 5.79. The second kappa shape index (κ2) is 6.15. The monoisotopic (exact) mass is 271 g/mol. The predicted octanol–water partition coefficient (Wildman–Crippen LogP) is 1.43. The molecular formula is C11H18ClN5O. The van der Waals surface area contributed by atoms with E-state index in [0.29, 0.717) is 12.0 Å². The summed E-state index contributed by atoms with van der Waals surface area (Å²) in [6, 6.07) is 0.771. The van der Waals surface area contributed by atoms with Crippen LogP contribution in [-0.4, -0.2) is 52.6 Å². The molecule has 0 amide bonds. The third-order valence-electron chi connectivity index (χ3n) is 3.17. The highest BCUT2D eigenvalue weighted by molar-refractivity contribution is 6.28. The molecule has 1 aromatic heterocycles. The molecule has 1 saturated heterocycles. The average Bonchev–Trinajstić information content (AvgIpc) is 2.83. The minimum Gasteiger partial charge on any atom is -0.467 e. The van der Waals surface area contributed by atoms with E-state index < -0.39 is 0 Å². The van der Waals surface area contributed by atoms with E-state index in [2.05, 4.69) is 32.1 Å². The number of aromatic nitrogens is 3. The van der Waals surface area contributed by atoms with Crippen LogP contribution in [0.5, 0.6) is 6.01 Å². The number of methoxy groups -OCH3 is 1. The Morgan fingerprint density at radius 1 is 1.44 bits per heavy atom. The van der Waals surface area contributed by atoms with Gasteiger partial charge in [-0.25, -0.2) is 0 Å². The first-order valence-electron chi connectivity index (χ1n) is 6.16. The van der Waals surface area contributed by atoms with Crippen LogP contribution in [0.1, 0.15) is 19.8 Å². The van der Waals surface area contributed by atoms with Crippen molar-refractivity contribution in [1.29, 1.82) is 0 Å². The van der Waals surface area contributed by atoms with Crippen molar-refractivity contribution < 1.29 is 4.74 Å². The Kier molecular flexibility index (Phi) is 4.54. The molecule has 0 saturated carbocycles. The Hall–Kier alpha value is -1.14.